The number of alkyl halides is 7. The fraction of sp³-hybridized carbons (Fsp3) is 0.647. The molecule has 1 atom stereocenters. The average molecular weight is 390 g/mol. The third kappa shape index (κ3) is 4.81. The van der Waals surface area contributed by atoms with Crippen molar-refractivity contribution in [2.45, 2.75) is 56.7 Å². The van der Waals surface area contributed by atoms with E-state index in [1.165, 1.54) is 24.3 Å². The molecule has 0 radical (unpaired) electrons. The van der Waals surface area contributed by atoms with E-state index in [4.69, 9.17) is 9.47 Å². The van der Waals surface area contributed by atoms with Crippen LogP contribution in [-0.2, 0) is 10.3 Å². The zero-order valence-electron chi connectivity index (χ0n) is 14.6. The maximum atomic E-state index is 14.1. The van der Waals surface area contributed by atoms with Gasteiger partial charge in [0.25, 0.3) is 0 Å². The fourth-order valence-electron chi connectivity index (χ4n) is 2.36. The molecule has 0 saturated carbocycles. The van der Waals surface area contributed by atoms with Gasteiger partial charge in [-0.3, -0.25) is 0 Å². The molecule has 0 N–H and O–H groups in total. The quantitative estimate of drug-likeness (QED) is 0.403. The van der Waals surface area contributed by atoms with Gasteiger partial charge in [0.1, 0.15) is 5.75 Å². The normalized spacial score (nSPS) is 15.6. The van der Waals surface area contributed by atoms with Crippen LogP contribution in [0.4, 0.5) is 30.7 Å². The summed E-state index contributed by atoms with van der Waals surface area (Å²) in [4.78, 5) is 0. The summed E-state index contributed by atoms with van der Waals surface area (Å²) in [6, 6.07) is 5.31. The van der Waals surface area contributed by atoms with Crippen LogP contribution in [0.3, 0.4) is 0 Å². The number of unbranched alkanes of at least 4 members (excludes halogenated alkanes) is 1. The lowest BCUT2D eigenvalue weighted by Crippen LogP contribution is -2.56. The highest BCUT2D eigenvalue weighted by Gasteiger charge is 2.74. The maximum absolute atomic E-state index is 14.1. The molecule has 26 heavy (non-hydrogen) atoms. The van der Waals surface area contributed by atoms with E-state index < -0.39 is 30.0 Å². The van der Waals surface area contributed by atoms with Crippen molar-refractivity contribution >= 4 is 0 Å². The van der Waals surface area contributed by atoms with E-state index in [2.05, 4.69) is 0 Å². The predicted octanol–water partition coefficient (Wildman–Crippen LogP) is 5.95. The molecule has 0 amide bonds. The van der Waals surface area contributed by atoms with Crippen molar-refractivity contribution in [1.82, 2.24) is 0 Å². The molecule has 2 nitrogen and oxygen atoms in total. The summed E-state index contributed by atoms with van der Waals surface area (Å²) in [5, 5.41) is 0. The van der Waals surface area contributed by atoms with Crippen LogP contribution in [0.1, 0.15) is 38.7 Å². The van der Waals surface area contributed by atoms with E-state index in [0.717, 1.165) is 26.9 Å². The highest BCUT2D eigenvalue weighted by Crippen LogP contribution is 2.52. The van der Waals surface area contributed by atoms with Crippen LogP contribution in [0, 0.1) is 0 Å². The third-order valence-corrected chi connectivity index (χ3v) is 4.16. The molecule has 1 aromatic rings. The van der Waals surface area contributed by atoms with Gasteiger partial charge in [-0.05, 0) is 31.0 Å². The highest BCUT2D eigenvalue weighted by molar-refractivity contribution is 5.31. The summed E-state index contributed by atoms with van der Waals surface area (Å²) >= 11 is 0. The second-order valence-electron chi connectivity index (χ2n) is 6.13. The molecule has 0 heterocycles. The van der Waals surface area contributed by atoms with E-state index >= 15 is 0 Å². The molecular formula is C17H21F7O2. The van der Waals surface area contributed by atoms with Crippen molar-refractivity contribution in [3.8, 4) is 5.75 Å². The van der Waals surface area contributed by atoms with Crippen LogP contribution in [-0.4, -0.2) is 31.7 Å². The number of benzene rings is 1. The molecular weight excluding hydrogens is 369 g/mol. The molecule has 9 heteroatoms. The molecule has 0 aliphatic rings. The zero-order valence-corrected chi connectivity index (χ0v) is 14.6. The number of methoxy groups -OCH3 is 1. The molecule has 0 spiro atoms. The van der Waals surface area contributed by atoms with Gasteiger partial charge in [-0.1, -0.05) is 25.5 Å². The minimum atomic E-state index is -6.13. The second kappa shape index (κ2) is 8.02. The van der Waals surface area contributed by atoms with Crippen molar-refractivity contribution in [2.75, 3.05) is 13.7 Å². The Bertz CT molecular complexity index is 552. The monoisotopic (exact) mass is 390 g/mol. The van der Waals surface area contributed by atoms with Crippen LogP contribution in [0.25, 0.3) is 0 Å². The summed E-state index contributed by atoms with van der Waals surface area (Å²) in [6.07, 6.45) is -12.5. The lowest BCUT2D eigenvalue weighted by Gasteiger charge is -2.38. The summed E-state index contributed by atoms with van der Waals surface area (Å²) in [5.74, 6) is 0.402. The van der Waals surface area contributed by atoms with Crippen LogP contribution in [0.2, 0.25) is 0 Å². The molecule has 0 aromatic heterocycles. The number of hydrogen-bond acceptors (Lipinski definition) is 2. The Labute approximate surface area is 147 Å². The Morgan fingerprint density at radius 3 is 1.77 bits per heavy atom. The van der Waals surface area contributed by atoms with Crippen molar-refractivity contribution in [2.24, 2.45) is 0 Å². The van der Waals surface area contributed by atoms with Gasteiger partial charge in [-0.15, -0.1) is 0 Å². The summed E-state index contributed by atoms with van der Waals surface area (Å²) in [5.41, 5.74) is -7.58. The van der Waals surface area contributed by atoms with Crippen LogP contribution < -0.4 is 4.74 Å². The van der Waals surface area contributed by atoms with Crippen LogP contribution >= 0.6 is 0 Å². The largest absolute Gasteiger partial charge is 0.494 e. The van der Waals surface area contributed by atoms with E-state index in [1.54, 1.807) is 0 Å². The maximum Gasteiger partial charge on any atom is 0.431 e. The van der Waals surface area contributed by atoms with Crippen LogP contribution in [0.15, 0.2) is 24.3 Å². The standard InChI is InChI=1S/C17H21F7O2/c1-4-5-10-26-13-8-6-12(7-9-13)14(2,25-3)11-15(18,16(19,20)21)17(22,23)24/h6-9H,4-5,10-11H2,1-3H3. The number of hydrogen-bond donors (Lipinski definition) is 0. The third-order valence-electron chi connectivity index (χ3n) is 4.16. The number of rotatable bonds is 8. The van der Waals surface area contributed by atoms with E-state index in [9.17, 15) is 30.7 Å². The SMILES string of the molecule is CCCCOc1ccc(C(C)(CC(F)(C(F)(F)F)C(F)(F)F)OC)cc1. The summed E-state index contributed by atoms with van der Waals surface area (Å²) in [6.45, 7) is 3.36. The minimum absolute atomic E-state index is 0.0293. The Balaban J connectivity index is 3.13. The molecule has 0 fully saturated rings. The molecule has 0 aliphatic heterocycles. The fourth-order valence-corrected chi connectivity index (χ4v) is 2.36. The first kappa shape index (κ1) is 22.5. The van der Waals surface area contributed by atoms with Gasteiger partial charge in [0.15, 0.2) is 0 Å². The second-order valence-corrected chi connectivity index (χ2v) is 6.13. The Morgan fingerprint density at radius 1 is 0.885 bits per heavy atom. The first-order chi connectivity index (χ1) is 11.8. The van der Waals surface area contributed by atoms with Gasteiger partial charge in [0.2, 0.25) is 0 Å². The van der Waals surface area contributed by atoms with Gasteiger partial charge in [0.05, 0.1) is 12.2 Å². The lowest BCUT2D eigenvalue weighted by atomic mass is 9.83. The molecule has 0 aliphatic carbocycles. The van der Waals surface area contributed by atoms with Gasteiger partial charge in [-0.2, -0.15) is 26.3 Å². The van der Waals surface area contributed by atoms with Crippen molar-refractivity contribution in [1.29, 1.82) is 0 Å². The molecule has 1 rings (SSSR count). The molecule has 1 unspecified atom stereocenters. The van der Waals surface area contributed by atoms with Gasteiger partial charge < -0.3 is 9.47 Å². The van der Waals surface area contributed by atoms with Crippen molar-refractivity contribution in [3.63, 3.8) is 0 Å². The molecule has 150 valence electrons. The van der Waals surface area contributed by atoms with E-state index in [0.29, 0.717) is 12.4 Å². The Kier molecular flexibility index (Phi) is 6.95. The molecule has 0 bridgehead atoms. The Hall–Kier alpha value is -1.51. The van der Waals surface area contributed by atoms with Gasteiger partial charge in [-0.25, -0.2) is 4.39 Å². The van der Waals surface area contributed by atoms with Gasteiger partial charge >= 0.3 is 18.0 Å². The van der Waals surface area contributed by atoms with Gasteiger partial charge in [0, 0.05) is 13.5 Å². The van der Waals surface area contributed by atoms with E-state index in [1.807, 2.05) is 6.92 Å². The zero-order chi connectivity index (χ0) is 20.2. The summed E-state index contributed by atoms with van der Waals surface area (Å²) in [7, 11) is 0.929. The Morgan fingerprint density at radius 2 is 1.38 bits per heavy atom. The predicted molar refractivity (Wildman–Crippen MR) is 81.8 cm³/mol. The first-order valence-corrected chi connectivity index (χ1v) is 7.91. The lowest BCUT2D eigenvalue weighted by molar-refractivity contribution is -0.353. The molecule has 1 aromatic carbocycles. The average Bonchev–Trinajstić information content (AvgIpc) is 2.53. The highest BCUT2D eigenvalue weighted by atomic mass is 19.4. The number of ether oxygens (including phenoxy) is 2. The minimum Gasteiger partial charge on any atom is -0.494 e. The number of halogens is 7. The molecule has 0 saturated heterocycles. The van der Waals surface area contributed by atoms with Crippen molar-refractivity contribution in [3.05, 3.63) is 29.8 Å². The first-order valence-electron chi connectivity index (χ1n) is 7.91. The van der Waals surface area contributed by atoms with Crippen LogP contribution in [0.5, 0.6) is 5.75 Å². The smallest absolute Gasteiger partial charge is 0.431 e. The topological polar surface area (TPSA) is 18.5 Å². The summed E-state index contributed by atoms with van der Waals surface area (Å²) < 4.78 is 101. The van der Waals surface area contributed by atoms with E-state index in [-0.39, 0.29) is 5.56 Å². The van der Waals surface area contributed by atoms with Crippen molar-refractivity contribution < 1.29 is 40.2 Å².